The SMILES string of the molecule is CC(Oc1ccc(Br)cc1)C(=O)NCCc1ccccn1. The van der Waals surface area contributed by atoms with Gasteiger partial charge in [0, 0.05) is 29.3 Å². The second-order valence-electron chi connectivity index (χ2n) is 4.58. The highest BCUT2D eigenvalue weighted by molar-refractivity contribution is 9.10. The number of halogens is 1. The third-order valence-corrected chi connectivity index (χ3v) is 3.43. The van der Waals surface area contributed by atoms with Crippen LogP contribution < -0.4 is 10.1 Å². The Labute approximate surface area is 132 Å². The predicted octanol–water partition coefficient (Wildman–Crippen LogP) is 2.97. The molecule has 1 heterocycles. The van der Waals surface area contributed by atoms with E-state index in [1.165, 1.54) is 0 Å². The van der Waals surface area contributed by atoms with Crippen LogP contribution in [0.5, 0.6) is 5.75 Å². The van der Waals surface area contributed by atoms with Crippen LogP contribution in [0.25, 0.3) is 0 Å². The maximum Gasteiger partial charge on any atom is 0.260 e. The molecule has 1 aromatic carbocycles. The van der Waals surface area contributed by atoms with Crippen molar-refractivity contribution < 1.29 is 9.53 Å². The van der Waals surface area contributed by atoms with Gasteiger partial charge in [0.05, 0.1) is 0 Å². The molecule has 0 bridgehead atoms. The second kappa shape index (κ2) is 7.78. The van der Waals surface area contributed by atoms with Gasteiger partial charge in [-0.3, -0.25) is 9.78 Å². The molecule has 1 amide bonds. The van der Waals surface area contributed by atoms with E-state index in [0.29, 0.717) is 18.7 Å². The van der Waals surface area contributed by atoms with Gasteiger partial charge >= 0.3 is 0 Å². The van der Waals surface area contributed by atoms with Crippen LogP contribution in [-0.4, -0.2) is 23.5 Å². The molecule has 0 spiro atoms. The fourth-order valence-electron chi connectivity index (χ4n) is 1.77. The largest absolute Gasteiger partial charge is 0.481 e. The van der Waals surface area contributed by atoms with Crippen molar-refractivity contribution >= 4 is 21.8 Å². The lowest BCUT2D eigenvalue weighted by atomic mass is 10.2. The minimum Gasteiger partial charge on any atom is -0.481 e. The summed E-state index contributed by atoms with van der Waals surface area (Å²) in [6, 6.07) is 13.1. The van der Waals surface area contributed by atoms with E-state index in [1.54, 1.807) is 13.1 Å². The summed E-state index contributed by atoms with van der Waals surface area (Å²) in [5, 5.41) is 2.85. The molecule has 0 radical (unpaired) electrons. The summed E-state index contributed by atoms with van der Waals surface area (Å²) in [6.07, 6.45) is 1.92. The Balaban J connectivity index is 1.76. The van der Waals surface area contributed by atoms with Gasteiger partial charge < -0.3 is 10.1 Å². The monoisotopic (exact) mass is 348 g/mol. The summed E-state index contributed by atoms with van der Waals surface area (Å²) >= 11 is 3.36. The highest BCUT2D eigenvalue weighted by Crippen LogP contribution is 2.17. The number of pyridine rings is 1. The van der Waals surface area contributed by atoms with Crippen molar-refractivity contribution in [2.24, 2.45) is 0 Å². The molecule has 0 saturated heterocycles. The lowest BCUT2D eigenvalue weighted by molar-refractivity contribution is -0.127. The Morgan fingerprint density at radius 1 is 1.29 bits per heavy atom. The molecule has 0 aliphatic carbocycles. The zero-order chi connectivity index (χ0) is 15.1. The summed E-state index contributed by atoms with van der Waals surface area (Å²) in [5.74, 6) is 0.541. The van der Waals surface area contributed by atoms with Crippen molar-refractivity contribution in [3.05, 3.63) is 58.8 Å². The number of rotatable bonds is 6. The van der Waals surface area contributed by atoms with Gasteiger partial charge in [0.15, 0.2) is 6.10 Å². The molecule has 0 aliphatic heterocycles. The highest BCUT2D eigenvalue weighted by atomic mass is 79.9. The topological polar surface area (TPSA) is 51.2 Å². The lowest BCUT2D eigenvalue weighted by Crippen LogP contribution is -2.37. The molecule has 0 fully saturated rings. The van der Waals surface area contributed by atoms with Crippen molar-refractivity contribution in [2.45, 2.75) is 19.4 Å². The van der Waals surface area contributed by atoms with E-state index in [2.05, 4.69) is 26.2 Å². The van der Waals surface area contributed by atoms with E-state index >= 15 is 0 Å². The first-order valence-corrected chi connectivity index (χ1v) is 7.54. The summed E-state index contributed by atoms with van der Waals surface area (Å²) in [5.41, 5.74) is 0.958. The minimum absolute atomic E-state index is 0.131. The molecule has 1 aromatic heterocycles. The van der Waals surface area contributed by atoms with Crippen LogP contribution >= 0.6 is 15.9 Å². The Morgan fingerprint density at radius 2 is 2.05 bits per heavy atom. The van der Waals surface area contributed by atoms with E-state index in [9.17, 15) is 4.79 Å². The van der Waals surface area contributed by atoms with E-state index in [4.69, 9.17) is 4.74 Å². The molecule has 110 valence electrons. The van der Waals surface area contributed by atoms with Gasteiger partial charge in [-0.25, -0.2) is 0 Å². The van der Waals surface area contributed by atoms with Crippen molar-refractivity contribution in [1.82, 2.24) is 10.3 Å². The molecule has 1 N–H and O–H groups in total. The third kappa shape index (κ3) is 5.19. The number of amides is 1. The van der Waals surface area contributed by atoms with E-state index < -0.39 is 6.10 Å². The molecule has 5 heteroatoms. The molecule has 2 rings (SSSR count). The van der Waals surface area contributed by atoms with Crippen LogP contribution in [0.15, 0.2) is 53.1 Å². The maximum atomic E-state index is 11.9. The number of aromatic nitrogens is 1. The van der Waals surface area contributed by atoms with Crippen molar-refractivity contribution in [1.29, 1.82) is 0 Å². The summed E-state index contributed by atoms with van der Waals surface area (Å²) in [6.45, 7) is 2.28. The fourth-order valence-corrected chi connectivity index (χ4v) is 2.04. The van der Waals surface area contributed by atoms with E-state index in [1.807, 2.05) is 42.5 Å². The van der Waals surface area contributed by atoms with Gasteiger partial charge in [0.25, 0.3) is 5.91 Å². The number of nitrogens with zero attached hydrogens (tertiary/aromatic N) is 1. The van der Waals surface area contributed by atoms with Crippen LogP contribution in [-0.2, 0) is 11.2 Å². The van der Waals surface area contributed by atoms with Crippen LogP contribution in [0.4, 0.5) is 0 Å². The van der Waals surface area contributed by atoms with Crippen LogP contribution in [0.1, 0.15) is 12.6 Å². The average molecular weight is 349 g/mol. The quantitative estimate of drug-likeness (QED) is 0.872. The number of hydrogen-bond donors (Lipinski definition) is 1. The molecule has 1 unspecified atom stereocenters. The minimum atomic E-state index is -0.532. The fraction of sp³-hybridized carbons (Fsp3) is 0.250. The van der Waals surface area contributed by atoms with Crippen molar-refractivity contribution in [3.8, 4) is 5.75 Å². The van der Waals surface area contributed by atoms with Crippen molar-refractivity contribution in [3.63, 3.8) is 0 Å². The maximum absolute atomic E-state index is 11.9. The third-order valence-electron chi connectivity index (χ3n) is 2.90. The Kier molecular flexibility index (Phi) is 5.75. The number of nitrogens with one attached hydrogen (secondary N) is 1. The zero-order valence-corrected chi connectivity index (χ0v) is 13.3. The molecular weight excluding hydrogens is 332 g/mol. The molecule has 0 aliphatic rings. The normalized spacial score (nSPS) is 11.7. The van der Waals surface area contributed by atoms with Crippen molar-refractivity contribution in [2.75, 3.05) is 6.54 Å². The van der Waals surface area contributed by atoms with Crippen LogP contribution in [0.3, 0.4) is 0 Å². The summed E-state index contributed by atoms with van der Waals surface area (Å²) in [7, 11) is 0. The molecule has 21 heavy (non-hydrogen) atoms. The van der Waals surface area contributed by atoms with Gasteiger partial charge in [0.1, 0.15) is 5.75 Å². The Hall–Kier alpha value is -1.88. The number of carbonyl (C=O) groups is 1. The molecular formula is C16H17BrN2O2. The standard InChI is InChI=1S/C16H17BrN2O2/c1-12(21-15-7-5-13(17)6-8-15)16(20)19-11-9-14-4-2-3-10-18-14/h2-8,10,12H,9,11H2,1H3,(H,19,20). The average Bonchev–Trinajstić information content (AvgIpc) is 2.50. The van der Waals surface area contributed by atoms with Gasteiger partial charge in [-0.2, -0.15) is 0 Å². The van der Waals surface area contributed by atoms with Crippen LogP contribution in [0, 0.1) is 0 Å². The summed E-state index contributed by atoms with van der Waals surface area (Å²) in [4.78, 5) is 16.1. The van der Waals surface area contributed by atoms with E-state index in [-0.39, 0.29) is 5.91 Å². The highest BCUT2D eigenvalue weighted by Gasteiger charge is 2.13. The Morgan fingerprint density at radius 3 is 2.71 bits per heavy atom. The first kappa shape index (κ1) is 15.5. The van der Waals surface area contributed by atoms with Crippen LogP contribution in [0.2, 0.25) is 0 Å². The van der Waals surface area contributed by atoms with E-state index in [0.717, 1.165) is 10.2 Å². The molecule has 0 saturated carbocycles. The Bertz CT molecular complexity index is 573. The zero-order valence-electron chi connectivity index (χ0n) is 11.8. The lowest BCUT2D eigenvalue weighted by Gasteiger charge is -2.14. The molecule has 4 nitrogen and oxygen atoms in total. The van der Waals surface area contributed by atoms with Gasteiger partial charge in [-0.05, 0) is 43.3 Å². The number of benzene rings is 1. The first-order valence-electron chi connectivity index (χ1n) is 6.75. The van der Waals surface area contributed by atoms with Gasteiger partial charge in [0.2, 0.25) is 0 Å². The molecule has 2 aromatic rings. The second-order valence-corrected chi connectivity index (χ2v) is 5.49. The summed E-state index contributed by atoms with van der Waals surface area (Å²) < 4.78 is 6.56. The number of carbonyl (C=O) groups excluding carboxylic acids is 1. The van der Waals surface area contributed by atoms with Gasteiger partial charge in [-0.1, -0.05) is 22.0 Å². The first-order chi connectivity index (χ1) is 10.1. The number of ether oxygens (including phenoxy) is 1. The predicted molar refractivity (Wildman–Crippen MR) is 85.2 cm³/mol. The number of hydrogen-bond acceptors (Lipinski definition) is 3. The molecule has 1 atom stereocenters. The smallest absolute Gasteiger partial charge is 0.260 e. The van der Waals surface area contributed by atoms with Gasteiger partial charge in [-0.15, -0.1) is 0 Å².